The topological polar surface area (TPSA) is 55.4 Å². The van der Waals surface area contributed by atoms with Gasteiger partial charge in [0.15, 0.2) is 0 Å². The van der Waals surface area contributed by atoms with Gasteiger partial charge in [-0.1, -0.05) is 19.1 Å². The summed E-state index contributed by atoms with van der Waals surface area (Å²) in [4.78, 5) is -0.745. The van der Waals surface area contributed by atoms with E-state index in [-0.39, 0.29) is 6.04 Å². The first-order valence-electron chi connectivity index (χ1n) is 6.35. The fourth-order valence-corrected chi connectivity index (χ4v) is 2.66. The van der Waals surface area contributed by atoms with Crippen LogP contribution in [0.1, 0.15) is 12.5 Å². The monoisotopic (exact) mass is 325 g/mol. The molecule has 0 amide bonds. The van der Waals surface area contributed by atoms with Gasteiger partial charge in [-0.05, 0) is 30.7 Å². The zero-order chi connectivity index (χ0) is 16.1. The lowest BCUT2D eigenvalue weighted by atomic mass is 10.1. The number of sulfone groups is 1. The van der Waals surface area contributed by atoms with Gasteiger partial charge in [0.25, 0.3) is 9.84 Å². The van der Waals surface area contributed by atoms with Gasteiger partial charge in [-0.15, -0.1) is 0 Å². The standard InChI is InChI=1S/C13H18F3NO3S/c1-3-17-11(9-20-2)8-10-4-6-12(7-5-10)21(18,19)13(14,15)16/h4-7,11,17H,3,8-9H2,1-2H3. The number of ether oxygens (including phenoxy) is 1. The summed E-state index contributed by atoms with van der Waals surface area (Å²) < 4.78 is 64.8. The third-order valence-electron chi connectivity index (χ3n) is 2.88. The molecule has 0 radical (unpaired) electrons. The van der Waals surface area contributed by atoms with Crippen molar-refractivity contribution in [1.29, 1.82) is 0 Å². The number of alkyl halides is 3. The molecule has 0 bridgehead atoms. The van der Waals surface area contributed by atoms with Crippen LogP contribution in [0.4, 0.5) is 13.2 Å². The van der Waals surface area contributed by atoms with Gasteiger partial charge in [0.2, 0.25) is 0 Å². The minimum atomic E-state index is -5.28. The van der Waals surface area contributed by atoms with Crippen LogP contribution in [0.3, 0.4) is 0 Å². The summed E-state index contributed by atoms with van der Waals surface area (Å²) in [6.45, 7) is 3.12. The summed E-state index contributed by atoms with van der Waals surface area (Å²) in [5, 5.41) is 3.18. The molecule has 0 aliphatic carbocycles. The maximum absolute atomic E-state index is 12.4. The highest BCUT2D eigenvalue weighted by atomic mass is 32.2. The molecule has 0 spiro atoms. The average molecular weight is 325 g/mol. The minimum absolute atomic E-state index is 0.0186. The summed E-state index contributed by atoms with van der Waals surface area (Å²) in [6, 6.07) is 4.75. The van der Waals surface area contributed by atoms with Gasteiger partial charge in [0, 0.05) is 13.2 Å². The van der Waals surface area contributed by atoms with Gasteiger partial charge >= 0.3 is 5.51 Å². The van der Waals surface area contributed by atoms with Crippen molar-refractivity contribution in [2.24, 2.45) is 0 Å². The summed E-state index contributed by atoms with van der Waals surface area (Å²) in [6.07, 6.45) is 0.536. The number of benzene rings is 1. The molecule has 0 aliphatic rings. The Balaban J connectivity index is 2.88. The lowest BCUT2D eigenvalue weighted by molar-refractivity contribution is -0.0436. The van der Waals surface area contributed by atoms with E-state index in [0.717, 1.165) is 24.2 Å². The van der Waals surface area contributed by atoms with Gasteiger partial charge in [-0.25, -0.2) is 8.42 Å². The summed E-state index contributed by atoms with van der Waals surface area (Å²) >= 11 is 0. The number of methoxy groups -OCH3 is 1. The van der Waals surface area contributed by atoms with Crippen molar-refractivity contribution in [3.05, 3.63) is 29.8 Å². The molecule has 1 unspecified atom stereocenters. The number of rotatable bonds is 7. The Morgan fingerprint density at radius 2 is 1.81 bits per heavy atom. The van der Waals surface area contributed by atoms with Crippen molar-refractivity contribution in [3.8, 4) is 0 Å². The van der Waals surface area contributed by atoms with E-state index in [0.29, 0.717) is 13.0 Å². The number of hydrogen-bond donors (Lipinski definition) is 1. The molecule has 21 heavy (non-hydrogen) atoms. The number of halogens is 3. The molecule has 0 heterocycles. The maximum atomic E-state index is 12.4. The molecule has 0 aromatic heterocycles. The second-order valence-corrected chi connectivity index (χ2v) is 6.45. The van der Waals surface area contributed by atoms with Crippen LogP contribution in [0.5, 0.6) is 0 Å². The van der Waals surface area contributed by atoms with E-state index >= 15 is 0 Å². The summed E-state index contributed by atoms with van der Waals surface area (Å²) in [5.41, 5.74) is -4.55. The Morgan fingerprint density at radius 1 is 1.24 bits per heavy atom. The normalized spacial score (nSPS) is 14.1. The van der Waals surface area contributed by atoms with Crippen molar-refractivity contribution in [2.75, 3.05) is 20.3 Å². The molecular formula is C13H18F3NO3S. The van der Waals surface area contributed by atoms with E-state index in [4.69, 9.17) is 4.74 Å². The lowest BCUT2D eigenvalue weighted by Gasteiger charge is -2.17. The molecule has 1 atom stereocenters. The summed E-state index contributed by atoms with van der Waals surface area (Å²) in [7, 11) is -3.72. The Bertz CT molecular complexity index is 535. The first-order chi connectivity index (χ1) is 9.72. The van der Waals surface area contributed by atoms with Crippen LogP contribution >= 0.6 is 0 Å². The van der Waals surface area contributed by atoms with Crippen molar-refractivity contribution < 1.29 is 26.3 Å². The Morgan fingerprint density at radius 3 is 2.24 bits per heavy atom. The van der Waals surface area contributed by atoms with Crippen LogP contribution in [0.2, 0.25) is 0 Å². The van der Waals surface area contributed by atoms with E-state index in [1.807, 2.05) is 6.92 Å². The first-order valence-corrected chi connectivity index (χ1v) is 7.83. The van der Waals surface area contributed by atoms with Crippen LogP contribution in [0, 0.1) is 0 Å². The van der Waals surface area contributed by atoms with Gasteiger partial charge in [-0.2, -0.15) is 13.2 Å². The van der Waals surface area contributed by atoms with E-state index in [1.54, 1.807) is 7.11 Å². The SMILES string of the molecule is CCNC(COC)Cc1ccc(S(=O)(=O)C(F)(F)F)cc1. The van der Waals surface area contributed by atoms with E-state index in [2.05, 4.69) is 5.32 Å². The van der Waals surface area contributed by atoms with E-state index < -0.39 is 20.2 Å². The molecule has 0 fully saturated rings. The predicted octanol–water partition coefficient (Wildman–Crippen LogP) is 2.15. The number of likely N-dealkylation sites (N-methyl/N-ethyl adjacent to an activating group) is 1. The van der Waals surface area contributed by atoms with Gasteiger partial charge in [0.05, 0.1) is 11.5 Å². The second-order valence-electron chi connectivity index (χ2n) is 4.51. The second kappa shape index (κ2) is 7.24. The van der Waals surface area contributed by atoms with E-state index in [1.165, 1.54) is 12.1 Å². The first kappa shape index (κ1) is 17.9. The molecule has 0 aliphatic heterocycles. The molecule has 4 nitrogen and oxygen atoms in total. The Hall–Kier alpha value is -1.12. The molecular weight excluding hydrogens is 307 g/mol. The van der Waals surface area contributed by atoms with Crippen molar-refractivity contribution in [1.82, 2.24) is 5.32 Å². The van der Waals surface area contributed by atoms with E-state index in [9.17, 15) is 21.6 Å². The highest BCUT2D eigenvalue weighted by molar-refractivity contribution is 7.92. The molecule has 1 aromatic carbocycles. The van der Waals surface area contributed by atoms with Crippen molar-refractivity contribution >= 4 is 9.84 Å². The molecule has 1 N–H and O–H groups in total. The van der Waals surface area contributed by atoms with Crippen LogP contribution in [-0.2, 0) is 21.0 Å². The van der Waals surface area contributed by atoms with Crippen LogP contribution in [-0.4, -0.2) is 40.2 Å². The third kappa shape index (κ3) is 4.69. The van der Waals surface area contributed by atoms with Crippen LogP contribution < -0.4 is 5.32 Å². The van der Waals surface area contributed by atoms with Gasteiger partial charge < -0.3 is 10.1 Å². The molecule has 0 saturated carbocycles. The lowest BCUT2D eigenvalue weighted by Crippen LogP contribution is -2.35. The molecule has 1 aromatic rings. The molecule has 120 valence electrons. The van der Waals surface area contributed by atoms with Crippen LogP contribution in [0.15, 0.2) is 29.2 Å². The summed E-state index contributed by atoms with van der Waals surface area (Å²) in [5.74, 6) is 0. The number of nitrogens with one attached hydrogen (secondary N) is 1. The Kier molecular flexibility index (Phi) is 6.18. The fraction of sp³-hybridized carbons (Fsp3) is 0.538. The Labute approximate surface area is 122 Å². The van der Waals surface area contributed by atoms with Gasteiger partial charge in [-0.3, -0.25) is 0 Å². The minimum Gasteiger partial charge on any atom is -0.383 e. The van der Waals surface area contributed by atoms with Crippen LogP contribution in [0.25, 0.3) is 0 Å². The predicted molar refractivity (Wildman–Crippen MR) is 72.7 cm³/mol. The fourth-order valence-electron chi connectivity index (χ4n) is 1.90. The van der Waals surface area contributed by atoms with Crippen molar-refractivity contribution in [2.45, 2.75) is 29.8 Å². The number of hydrogen-bond acceptors (Lipinski definition) is 4. The third-order valence-corrected chi connectivity index (χ3v) is 4.38. The zero-order valence-corrected chi connectivity index (χ0v) is 12.6. The largest absolute Gasteiger partial charge is 0.501 e. The molecule has 0 saturated heterocycles. The molecule has 8 heteroatoms. The molecule has 1 rings (SSSR count). The smallest absolute Gasteiger partial charge is 0.383 e. The van der Waals surface area contributed by atoms with Crippen molar-refractivity contribution in [3.63, 3.8) is 0 Å². The highest BCUT2D eigenvalue weighted by Crippen LogP contribution is 2.30. The average Bonchev–Trinajstić information content (AvgIpc) is 2.38. The highest BCUT2D eigenvalue weighted by Gasteiger charge is 2.46. The quantitative estimate of drug-likeness (QED) is 0.834. The zero-order valence-electron chi connectivity index (χ0n) is 11.8. The van der Waals surface area contributed by atoms with Gasteiger partial charge in [0.1, 0.15) is 0 Å². The maximum Gasteiger partial charge on any atom is 0.501 e.